The molecule has 0 bridgehead atoms. The van der Waals surface area contributed by atoms with Crippen LogP contribution in [0.5, 0.6) is 0 Å². The lowest BCUT2D eigenvalue weighted by Crippen LogP contribution is -2.34. The zero-order chi connectivity index (χ0) is 10.9. The topological polar surface area (TPSA) is 33.1 Å². The number of aromatic nitrogens is 1. The Labute approximate surface area is 95.3 Å². The highest BCUT2D eigenvalue weighted by Gasteiger charge is 2.38. The van der Waals surface area contributed by atoms with Crippen LogP contribution in [-0.4, -0.2) is 15.7 Å². The van der Waals surface area contributed by atoms with Crippen LogP contribution in [0.3, 0.4) is 0 Å². The Bertz CT molecular complexity index is 355. The molecule has 2 unspecified atom stereocenters. The van der Waals surface area contributed by atoms with E-state index in [1.165, 1.54) is 0 Å². The molecule has 1 N–H and O–H groups in total. The Balaban J connectivity index is 2.18. The molecule has 2 rings (SSSR count). The van der Waals surface area contributed by atoms with Gasteiger partial charge in [0, 0.05) is 18.8 Å². The standard InChI is InChI=1S/C12H16ClNO/c1-9-3-2-5-12(9,15)7-10-4-6-14-8-11(10)13/h4,6,8-9,15H,2-3,5,7H2,1H3. The summed E-state index contributed by atoms with van der Waals surface area (Å²) < 4.78 is 0. The third-order valence-electron chi connectivity index (χ3n) is 3.52. The van der Waals surface area contributed by atoms with Crippen LogP contribution in [0.2, 0.25) is 5.02 Å². The van der Waals surface area contributed by atoms with Gasteiger partial charge >= 0.3 is 0 Å². The van der Waals surface area contributed by atoms with Crippen LogP contribution in [0.4, 0.5) is 0 Å². The maximum Gasteiger partial charge on any atom is 0.0713 e. The van der Waals surface area contributed by atoms with Gasteiger partial charge in [-0.25, -0.2) is 0 Å². The highest BCUT2D eigenvalue weighted by atomic mass is 35.5. The van der Waals surface area contributed by atoms with Gasteiger partial charge in [0.2, 0.25) is 0 Å². The Morgan fingerprint density at radius 1 is 1.67 bits per heavy atom. The zero-order valence-corrected chi connectivity index (χ0v) is 9.67. The number of nitrogens with zero attached hydrogens (tertiary/aromatic N) is 1. The van der Waals surface area contributed by atoms with E-state index in [0.717, 1.165) is 24.8 Å². The van der Waals surface area contributed by atoms with Gasteiger partial charge in [0.25, 0.3) is 0 Å². The number of aliphatic hydroxyl groups is 1. The maximum atomic E-state index is 10.5. The van der Waals surface area contributed by atoms with Crippen LogP contribution in [-0.2, 0) is 6.42 Å². The van der Waals surface area contributed by atoms with Crippen LogP contribution in [0.15, 0.2) is 18.5 Å². The molecule has 1 fully saturated rings. The molecular weight excluding hydrogens is 210 g/mol. The Morgan fingerprint density at radius 3 is 3.07 bits per heavy atom. The lowest BCUT2D eigenvalue weighted by atomic mass is 9.86. The molecule has 1 aromatic heterocycles. The van der Waals surface area contributed by atoms with Gasteiger partial charge in [-0.1, -0.05) is 24.9 Å². The summed E-state index contributed by atoms with van der Waals surface area (Å²) in [5, 5.41) is 11.1. The summed E-state index contributed by atoms with van der Waals surface area (Å²) in [6, 6.07) is 1.89. The first-order valence-electron chi connectivity index (χ1n) is 5.42. The minimum absolute atomic E-state index is 0.363. The molecule has 0 saturated heterocycles. The van der Waals surface area contributed by atoms with E-state index in [0.29, 0.717) is 17.4 Å². The lowest BCUT2D eigenvalue weighted by molar-refractivity contribution is 0.00960. The average molecular weight is 226 g/mol. The third kappa shape index (κ3) is 2.16. The number of hydrogen-bond acceptors (Lipinski definition) is 2. The molecule has 0 aliphatic heterocycles. The van der Waals surface area contributed by atoms with Crippen LogP contribution in [0.1, 0.15) is 31.7 Å². The fourth-order valence-corrected chi connectivity index (χ4v) is 2.56. The maximum absolute atomic E-state index is 10.5. The van der Waals surface area contributed by atoms with Crippen molar-refractivity contribution in [2.75, 3.05) is 0 Å². The second-order valence-electron chi connectivity index (χ2n) is 4.54. The van der Waals surface area contributed by atoms with Gasteiger partial charge in [-0.05, 0) is 30.4 Å². The summed E-state index contributed by atoms with van der Waals surface area (Å²) in [4.78, 5) is 3.95. The minimum Gasteiger partial charge on any atom is -0.389 e. The molecule has 15 heavy (non-hydrogen) atoms. The molecule has 3 heteroatoms. The molecule has 0 radical (unpaired) electrons. The average Bonchev–Trinajstić information content (AvgIpc) is 2.51. The van der Waals surface area contributed by atoms with E-state index in [4.69, 9.17) is 11.6 Å². The Hall–Kier alpha value is -0.600. The molecule has 2 nitrogen and oxygen atoms in total. The molecule has 82 valence electrons. The van der Waals surface area contributed by atoms with Crippen LogP contribution < -0.4 is 0 Å². The van der Waals surface area contributed by atoms with Crippen LogP contribution >= 0.6 is 11.6 Å². The molecule has 0 amide bonds. The number of pyridine rings is 1. The monoisotopic (exact) mass is 225 g/mol. The highest BCUT2D eigenvalue weighted by molar-refractivity contribution is 6.31. The summed E-state index contributed by atoms with van der Waals surface area (Å²) in [5.74, 6) is 0.363. The van der Waals surface area contributed by atoms with Crippen molar-refractivity contribution in [2.24, 2.45) is 5.92 Å². The van der Waals surface area contributed by atoms with E-state index in [-0.39, 0.29) is 0 Å². The lowest BCUT2D eigenvalue weighted by Gasteiger charge is -2.28. The molecule has 1 saturated carbocycles. The summed E-state index contributed by atoms with van der Waals surface area (Å²) in [7, 11) is 0. The van der Waals surface area contributed by atoms with Crippen molar-refractivity contribution >= 4 is 11.6 Å². The fourth-order valence-electron chi connectivity index (χ4n) is 2.37. The van der Waals surface area contributed by atoms with Crippen molar-refractivity contribution in [2.45, 2.75) is 38.2 Å². The normalized spacial score (nSPS) is 30.7. The van der Waals surface area contributed by atoms with E-state index >= 15 is 0 Å². The summed E-state index contributed by atoms with van der Waals surface area (Å²) in [5.41, 5.74) is 0.438. The fraction of sp³-hybridized carbons (Fsp3) is 0.583. The first-order valence-corrected chi connectivity index (χ1v) is 5.80. The second-order valence-corrected chi connectivity index (χ2v) is 4.95. The van der Waals surface area contributed by atoms with Crippen LogP contribution in [0, 0.1) is 5.92 Å². The van der Waals surface area contributed by atoms with E-state index in [1.54, 1.807) is 12.4 Å². The molecule has 0 spiro atoms. The number of hydrogen-bond donors (Lipinski definition) is 1. The molecule has 0 aromatic carbocycles. The van der Waals surface area contributed by atoms with Crippen molar-refractivity contribution in [3.05, 3.63) is 29.0 Å². The van der Waals surface area contributed by atoms with Crippen LogP contribution in [0.25, 0.3) is 0 Å². The summed E-state index contributed by atoms with van der Waals surface area (Å²) in [6.45, 7) is 2.11. The third-order valence-corrected chi connectivity index (χ3v) is 3.86. The van der Waals surface area contributed by atoms with E-state index in [2.05, 4.69) is 11.9 Å². The summed E-state index contributed by atoms with van der Waals surface area (Å²) >= 11 is 6.04. The largest absolute Gasteiger partial charge is 0.389 e. The summed E-state index contributed by atoms with van der Waals surface area (Å²) in [6.07, 6.45) is 7.12. The van der Waals surface area contributed by atoms with E-state index in [9.17, 15) is 5.11 Å². The van der Waals surface area contributed by atoms with Crippen molar-refractivity contribution < 1.29 is 5.11 Å². The van der Waals surface area contributed by atoms with Gasteiger partial charge < -0.3 is 5.11 Å². The van der Waals surface area contributed by atoms with Gasteiger partial charge in [-0.15, -0.1) is 0 Å². The smallest absolute Gasteiger partial charge is 0.0713 e. The molecule has 1 heterocycles. The molecule has 1 aromatic rings. The number of rotatable bonds is 2. The van der Waals surface area contributed by atoms with Crippen molar-refractivity contribution in [1.29, 1.82) is 0 Å². The van der Waals surface area contributed by atoms with Gasteiger partial charge in [0.15, 0.2) is 0 Å². The second kappa shape index (κ2) is 4.11. The van der Waals surface area contributed by atoms with Crippen molar-refractivity contribution in [1.82, 2.24) is 4.98 Å². The van der Waals surface area contributed by atoms with E-state index in [1.807, 2.05) is 6.07 Å². The SMILES string of the molecule is CC1CCCC1(O)Cc1ccncc1Cl. The predicted octanol–water partition coefficient (Wildman–Crippen LogP) is 2.83. The van der Waals surface area contributed by atoms with Gasteiger partial charge in [0.05, 0.1) is 10.6 Å². The van der Waals surface area contributed by atoms with Gasteiger partial charge in [-0.3, -0.25) is 4.98 Å². The van der Waals surface area contributed by atoms with Crippen molar-refractivity contribution in [3.63, 3.8) is 0 Å². The molecule has 2 atom stereocenters. The minimum atomic E-state index is -0.564. The molecule has 1 aliphatic rings. The van der Waals surface area contributed by atoms with Crippen molar-refractivity contribution in [3.8, 4) is 0 Å². The van der Waals surface area contributed by atoms with Gasteiger partial charge in [0.1, 0.15) is 0 Å². The first kappa shape index (κ1) is 10.9. The predicted molar refractivity (Wildman–Crippen MR) is 60.9 cm³/mol. The van der Waals surface area contributed by atoms with Gasteiger partial charge in [-0.2, -0.15) is 0 Å². The van der Waals surface area contributed by atoms with E-state index < -0.39 is 5.60 Å². The molecular formula is C12H16ClNO. The quantitative estimate of drug-likeness (QED) is 0.840. The molecule has 1 aliphatic carbocycles. The Morgan fingerprint density at radius 2 is 2.47 bits per heavy atom. The zero-order valence-electron chi connectivity index (χ0n) is 8.91. The Kier molecular flexibility index (Phi) is 2.98. The highest BCUT2D eigenvalue weighted by Crippen LogP contribution is 2.38. The number of halogens is 1. The first-order chi connectivity index (χ1) is 7.12.